The van der Waals surface area contributed by atoms with Crippen molar-refractivity contribution < 1.29 is 4.79 Å². The predicted octanol–water partition coefficient (Wildman–Crippen LogP) is 0.625. The summed E-state index contributed by atoms with van der Waals surface area (Å²) in [5.41, 5.74) is 3.00. The fraction of sp³-hybridized carbons (Fsp3) is 0.500. The van der Waals surface area contributed by atoms with Crippen molar-refractivity contribution in [2.75, 3.05) is 26.2 Å². The summed E-state index contributed by atoms with van der Waals surface area (Å²) in [6.07, 6.45) is 5.89. The summed E-state index contributed by atoms with van der Waals surface area (Å²) in [6.45, 7) is 4.16. The van der Waals surface area contributed by atoms with E-state index < -0.39 is 0 Å². The average Bonchev–Trinajstić information content (AvgIpc) is 2.69. The van der Waals surface area contributed by atoms with Crippen LogP contribution >= 0.6 is 0 Å². The molecule has 2 aromatic rings. The second-order valence-electron chi connectivity index (χ2n) is 7.48. The van der Waals surface area contributed by atoms with Crippen molar-refractivity contribution in [2.24, 2.45) is 13.0 Å². The molecule has 0 N–H and O–H groups in total. The molecule has 1 amide bonds. The van der Waals surface area contributed by atoms with Crippen LogP contribution in [0.2, 0.25) is 0 Å². The van der Waals surface area contributed by atoms with E-state index in [1.807, 2.05) is 17.2 Å². The fourth-order valence-electron chi connectivity index (χ4n) is 4.03. The molecular weight excluding hydrogens is 342 g/mol. The Labute approximate surface area is 158 Å². The van der Waals surface area contributed by atoms with Gasteiger partial charge in [0.25, 0.3) is 5.56 Å². The minimum Gasteiger partial charge on any atom is -0.340 e. The maximum atomic E-state index is 13.0. The molecule has 0 aromatic carbocycles. The molecule has 1 aliphatic heterocycles. The molecule has 2 aliphatic rings. The Hall–Kier alpha value is -2.54. The van der Waals surface area contributed by atoms with Crippen LogP contribution in [0, 0.1) is 5.92 Å². The number of pyridine rings is 1. The largest absolute Gasteiger partial charge is 0.340 e. The van der Waals surface area contributed by atoms with Gasteiger partial charge in [-0.05, 0) is 36.5 Å². The molecule has 1 fully saturated rings. The van der Waals surface area contributed by atoms with E-state index in [2.05, 4.69) is 21.0 Å². The number of fused-ring (bicyclic) bond motifs is 1. The molecular formula is C20H25N5O2. The van der Waals surface area contributed by atoms with Gasteiger partial charge >= 0.3 is 0 Å². The third-order valence-electron chi connectivity index (χ3n) is 5.62. The zero-order chi connectivity index (χ0) is 18.8. The first-order chi connectivity index (χ1) is 13.1. The minimum atomic E-state index is -0.106. The number of rotatable bonds is 3. The minimum absolute atomic E-state index is 0.0312. The number of hydrogen-bond acceptors (Lipinski definition) is 5. The first-order valence-corrected chi connectivity index (χ1v) is 9.56. The summed E-state index contributed by atoms with van der Waals surface area (Å²) in [7, 11) is 1.67. The van der Waals surface area contributed by atoms with Crippen molar-refractivity contribution in [3.8, 4) is 0 Å². The van der Waals surface area contributed by atoms with Crippen LogP contribution in [0.5, 0.6) is 0 Å². The SMILES string of the molecule is Cn1nc2c(cc1=O)CC(C(=O)N1CCN(Cc3cccnc3)CC1)CC2. The van der Waals surface area contributed by atoms with E-state index in [-0.39, 0.29) is 17.4 Å². The van der Waals surface area contributed by atoms with Gasteiger partial charge in [-0.2, -0.15) is 5.10 Å². The van der Waals surface area contributed by atoms with Gasteiger partial charge in [-0.25, -0.2) is 4.68 Å². The molecule has 0 bridgehead atoms. The third-order valence-corrected chi connectivity index (χ3v) is 5.62. The smallest absolute Gasteiger partial charge is 0.266 e. The van der Waals surface area contributed by atoms with E-state index in [0.29, 0.717) is 6.42 Å². The Morgan fingerprint density at radius 3 is 2.81 bits per heavy atom. The standard InChI is InChI=1S/C20H25N5O2/c1-23-19(26)12-17-11-16(4-5-18(17)22-23)20(27)25-9-7-24(8-10-25)14-15-3-2-6-21-13-15/h2-3,6,12-13,16H,4-5,7-11,14H2,1H3. The lowest BCUT2D eigenvalue weighted by molar-refractivity contribution is -0.137. The molecule has 1 saturated heterocycles. The lowest BCUT2D eigenvalue weighted by Crippen LogP contribution is -2.50. The normalized spacial score (nSPS) is 20.3. The number of nitrogens with zero attached hydrogens (tertiary/aromatic N) is 5. The molecule has 4 rings (SSSR count). The monoisotopic (exact) mass is 367 g/mol. The van der Waals surface area contributed by atoms with Gasteiger partial charge in [-0.1, -0.05) is 6.07 Å². The van der Waals surface area contributed by atoms with Crippen molar-refractivity contribution in [1.29, 1.82) is 0 Å². The molecule has 3 heterocycles. The lowest BCUT2D eigenvalue weighted by atomic mass is 9.86. The van der Waals surface area contributed by atoms with Crippen LogP contribution in [-0.2, 0) is 31.2 Å². The van der Waals surface area contributed by atoms with Gasteiger partial charge in [-0.15, -0.1) is 0 Å². The van der Waals surface area contributed by atoms with E-state index in [1.165, 1.54) is 10.2 Å². The first kappa shape index (κ1) is 17.9. The van der Waals surface area contributed by atoms with Crippen LogP contribution in [0.3, 0.4) is 0 Å². The zero-order valence-electron chi connectivity index (χ0n) is 15.7. The van der Waals surface area contributed by atoms with Crippen LogP contribution in [-0.4, -0.2) is 56.7 Å². The number of hydrogen-bond donors (Lipinski definition) is 0. The Morgan fingerprint density at radius 2 is 2.07 bits per heavy atom. The van der Waals surface area contributed by atoms with E-state index in [4.69, 9.17) is 0 Å². The molecule has 0 spiro atoms. The Kier molecular flexibility index (Phi) is 5.03. The molecule has 0 saturated carbocycles. The average molecular weight is 367 g/mol. The molecule has 1 unspecified atom stereocenters. The third kappa shape index (κ3) is 3.93. The molecule has 27 heavy (non-hydrogen) atoms. The van der Waals surface area contributed by atoms with Crippen LogP contribution in [0.25, 0.3) is 0 Å². The van der Waals surface area contributed by atoms with Crippen molar-refractivity contribution in [3.05, 3.63) is 57.8 Å². The van der Waals surface area contributed by atoms with E-state index in [0.717, 1.165) is 56.8 Å². The maximum Gasteiger partial charge on any atom is 0.266 e. The first-order valence-electron chi connectivity index (χ1n) is 9.56. The molecule has 2 aromatic heterocycles. The summed E-state index contributed by atoms with van der Waals surface area (Å²) in [5.74, 6) is 0.193. The predicted molar refractivity (Wildman–Crippen MR) is 101 cm³/mol. The van der Waals surface area contributed by atoms with Gasteiger partial charge in [0.1, 0.15) is 0 Å². The maximum absolute atomic E-state index is 13.0. The van der Waals surface area contributed by atoms with Crippen molar-refractivity contribution in [1.82, 2.24) is 24.6 Å². The second kappa shape index (κ2) is 7.60. The molecule has 1 aliphatic carbocycles. The van der Waals surface area contributed by atoms with Crippen LogP contribution in [0.15, 0.2) is 35.4 Å². The van der Waals surface area contributed by atoms with E-state index >= 15 is 0 Å². The topological polar surface area (TPSA) is 71.3 Å². The van der Waals surface area contributed by atoms with Gasteiger partial charge in [0, 0.05) is 64.1 Å². The van der Waals surface area contributed by atoms with E-state index in [9.17, 15) is 9.59 Å². The molecule has 0 radical (unpaired) electrons. The van der Waals surface area contributed by atoms with Crippen LogP contribution in [0.4, 0.5) is 0 Å². The highest BCUT2D eigenvalue weighted by molar-refractivity contribution is 5.79. The second-order valence-corrected chi connectivity index (χ2v) is 7.48. The number of amides is 1. The van der Waals surface area contributed by atoms with Crippen LogP contribution < -0.4 is 5.56 Å². The van der Waals surface area contributed by atoms with Gasteiger partial charge < -0.3 is 4.90 Å². The Balaban J connectivity index is 1.34. The van der Waals surface area contributed by atoms with Crippen molar-refractivity contribution in [2.45, 2.75) is 25.8 Å². The zero-order valence-corrected chi connectivity index (χ0v) is 15.7. The van der Waals surface area contributed by atoms with Crippen LogP contribution in [0.1, 0.15) is 23.2 Å². The number of carbonyl (C=O) groups excluding carboxylic acids is 1. The van der Waals surface area contributed by atoms with Crippen molar-refractivity contribution in [3.63, 3.8) is 0 Å². The molecule has 142 valence electrons. The quantitative estimate of drug-likeness (QED) is 0.796. The molecule has 7 nitrogen and oxygen atoms in total. The van der Waals surface area contributed by atoms with E-state index in [1.54, 1.807) is 19.3 Å². The fourth-order valence-corrected chi connectivity index (χ4v) is 4.03. The van der Waals surface area contributed by atoms with Gasteiger partial charge in [0.05, 0.1) is 5.69 Å². The Bertz CT molecular complexity index is 872. The highest BCUT2D eigenvalue weighted by Crippen LogP contribution is 2.25. The van der Waals surface area contributed by atoms with Gasteiger partial charge in [0.2, 0.25) is 5.91 Å². The molecule has 1 atom stereocenters. The number of carbonyl (C=O) groups is 1. The summed E-state index contributed by atoms with van der Waals surface area (Å²) in [5, 5.41) is 4.34. The number of aromatic nitrogens is 3. The number of piperazine rings is 1. The summed E-state index contributed by atoms with van der Waals surface area (Å²) in [6, 6.07) is 5.69. The van der Waals surface area contributed by atoms with Gasteiger partial charge in [0.15, 0.2) is 0 Å². The molecule has 7 heteroatoms. The summed E-state index contributed by atoms with van der Waals surface area (Å²) < 4.78 is 1.38. The Morgan fingerprint density at radius 1 is 1.26 bits per heavy atom. The highest BCUT2D eigenvalue weighted by atomic mass is 16.2. The lowest BCUT2D eigenvalue weighted by Gasteiger charge is -2.37. The van der Waals surface area contributed by atoms with Gasteiger partial charge in [-0.3, -0.25) is 19.5 Å². The summed E-state index contributed by atoms with van der Waals surface area (Å²) >= 11 is 0. The number of aryl methyl sites for hydroxylation is 2. The van der Waals surface area contributed by atoms with Crippen molar-refractivity contribution >= 4 is 5.91 Å². The summed E-state index contributed by atoms with van der Waals surface area (Å²) in [4.78, 5) is 33.3. The highest BCUT2D eigenvalue weighted by Gasteiger charge is 2.31.